The predicted molar refractivity (Wildman–Crippen MR) is 143 cm³/mol. The quantitative estimate of drug-likeness (QED) is 0.367. The van der Waals surface area contributed by atoms with Gasteiger partial charge in [-0.3, -0.25) is 0 Å². The molecule has 0 aliphatic carbocycles. The van der Waals surface area contributed by atoms with E-state index in [4.69, 9.17) is 27.3 Å². The zero-order valence-electron chi connectivity index (χ0n) is 19.8. The first-order valence-corrected chi connectivity index (χ1v) is 12.3. The highest BCUT2D eigenvalue weighted by atomic mass is 35.5. The molecule has 0 amide bonds. The van der Waals surface area contributed by atoms with Gasteiger partial charge in [-0.2, -0.15) is 9.97 Å². The molecule has 0 bridgehead atoms. The van der Waals surface area contributed by atoms with Crippen LogP contribution in [-0.4, -0.2) is 41.6 Å². The van der Waals surface area contributed by atoms with Gasteiger partial charge in [-0.1, -0.05) is 41.9 Å². The molecule has 1 aliphatic rings. The molecule has 1 fully saturated rings. The number of hydrogen-bond donors (Lipinski definition) is 2. The Bertz CT molecular complexity index is 1310. The van der Waals surface area contributed by atoms with Crippen molar-refractivity contribution in [1.82, 2.24) is 15.0 Å². The summed E-state index contributed by atoms with van der Waals surface area (Å²) in [7, 11) is 2.03. The average Bonchev–Trinajstić information content (AvgIpc) is 3.27. The lowest BCUT2D eigenvalue weighted by atomic mass is 10.0. The van der Waals surface area contributed by atoms with Crippen LogP contribution < -0.4 is 15.5 Å². The predicted octanol–water partition coefficient (Wildman–Crippen LogP) is 5.84. The van der Waals surface area contributed by atoms with Crippen molar-refractivity contribution in [3.8, 4) is 11.1 Å². The van der Waals surface area contributed by atoms with Gasteiger partial charge in [0.05, 0.1) is 5.56 Å². The molecule has 4 aromatic rings. The SMILES string of the molecule is Cc1ccc(-c2c(N)nc(N(C)CCc3c[nH]c4ccccc34)nc2N2CCCCC2)cc1Cl. The lowest BCUT2D eigenvalue weighted by molar-refractivity contribution is 0.573. The summed E-state index contributed by atoms with van der Waals surface area (Å²) in [5.41, 5.74) is 11.9. The lowest BCUT2D eigenvalue weighted by Gasteiger charge is -2.31. The van der Waals surface area contributed by atoms with Gasteiger partial charge in [-0.25, -0.2) is 0 Å². The molecule has 0 saturated carbocycles. The number of anilines is 3. The molecule has 7 heteroatoms. The first-order valence-electron chi connectivity index (χ1n) is 12.0. The van der Waals surface area contributed by atoms with Gasteiger partial charge in [0, 0.05) is 48.8 Å². The number of piperidine rings is 1. The Morgan fingerprint density at radius 1 is 1.09 bits per heavy atom. The number of nitrogens with two attached hydrogens (primary N) is 1. The fourth-order valence-electron chi connectivity index (χ4n) is 4.71. The van der Waals surface area contributed by atoms with Crippen molar-refractivity contribution >= 4 is 40.1 Å². The second-order valence-corrected chi connectivity index (χ2v) is 9.56. The number of nitrogens with one attached hydrogen (secondary N) is 1. The molecule has 2 aromatic heterocycles. The summed E-state index contributed by atoms with van der Waals surface area (Å²) >= 11 is 6.46. The number of nitrogens with zero attached hydrogens (tertiary/aromatic N) is 4. The maximum atomic E-state index is 6.60. The number of aryl methyl sites for hydroxylation is 1. The molecule has 1 aliphatic heterocycles. The molecule has 6 nitrogen and oxygen atoms in total. The van der Waals surface area contributed by atoms with Gasteiger partial charge in [-0.05, 0) is 61.4 Å². The van der Waals surface area contributed by atoms with Gasteiger partial charge in [-0.15, -0.1) is 0 Å². The van der Waals surface area contributed by atoms with E-state index in [0.29, 0.717) is 11.8 Å². The van der Waals surface area contributed by atoms with Gasteiger partial charge >= 0.3 is 0 Å². The Kier molecular flexibility index (Phi) is 6.33. The minimum atomic E-state index is 0.490. The van der Waals surface area contributed by atoms with Crippen LogP contribution >= 0.6 is 11.6 Å². The highest BCUT2D eigenvalue weighted by Gasteiger charge is 2.23. The normalized spacial score (nSPS) is 14.0. The Labute approximate surface area is 205 Å². The second-order valence-electron chi connectivity index (χ2n) is 9.15. The number of rotatable bonds is 6. The smallest absolute Gasteiger partial charge is 0.229 e. The number of H-pyrrole nitrogens is 1. The molecule has 3 N–H and O–H groups in total. The zero-order chi connectivity index (χ0) is 23.7. The van der Waals surface area contributed by atoms with Gasteiger partial charge in [0.1, 0.15) is 11.6 Å². The van der Waals surface area contributed by atoms with Crippen LogP contribution in [0.1, 0.15) is 30.4 Å². The van der Waals surface area contributed by atoms with E-state index in [2.05, 4.69) is 51.3 Å². The van der Waals surface area contributed by atoms with Crippen LogP contribution in [-0.2, 0) is 6.42 Å². The largest absolute Gasteiger partial charge is 0.383 e. The summed E-state index contributed by atoms with van der Waals surface area (Å²) in [6.45, 7) is 4.74. The third kappa shape index (κ3) is 4.42. The number of aromatic nitrogens is 3. The third-order valence-corrected chi connectivity index (χ3v) is 7.16. The Hall–Kier alpha value is -3.25. The van der Waals surface area contributed by atoms with Crippen molar-refractivity contribution in [3.63, 3.8) is 0 Å². The molecular weight excluding hydrogens is 444 g/mol. The van der Waals surface area contributed by atoms with E-state index < -0.39 is 0 Å². The van der Waals surface area contributed by atoms with E-state index >= 15 is 0 Å². The van der Waals surface area contributed by atoms with Crippen LogP contribution in [0, 0.1) is 6.92 Å². The van der Waals surface area contributed by atoms with E-state index in [0.717, 1.165) is 71.9 Å². The highest BCUT2D eigenvalue weighted by molar-refractivity contribution is 6.31. The van der Waals surface area contributed by atoms with Crippen molar-refractivity contribution in [2.24, 2.45) is 0 Å². The molecule has 1 saturated heterocycles. The fourth-order valence-corrected chi connectivity index (χ4v) is 4.89. The molecule has 5 rings (SSSR count). The van der Waals surface area contributed by atoms with Crippen LogP contribution in [0.25, 0.3) is 22.0 Å². The number of likely N-dealkylation sites (N-methyl/N-ethyl adjacent to an activating group) is 1. The summed E-state index contributed by atoms with van der Waals surface area (Å²) in [6.07, 6.45) is 6.54. The van der Waals surface area contributed by atoms with Crippen molar-refractivity contribution in [2.75, 3.05) is 42.2 Å². The van der Waals surface area contributed by atoms with Gasteiger partial charge < -0.3 is 20.5 Å². The maximum Gasteiger partial charge on any atom is 0.229 e. The van der Waals surface area contributed by atoms with Gasteiger partial charge in [0.25, 0.3) is 0 Å². The lowest BCUT2D eigenvalue weighted by Crippen LogP contribution is -2.32. The van der Waals surface area contributed by atoms with Gasteiger partial charge in [0.15, 0.2) is 0 Å². The third-order valence-electron chi connectivity index (χ3n) is 6.76. The minimum Gasteiger partial charge on any atom is -0.383 e. The molecule has 0 atom stereocenters. The number of hydrogen-bond acceptors (Lipinski definition) is 5. The number of fused-ring (bicyclic) bond motifs is 1. The number of para-hydroxylation sites is 1. The van der Waals surface area contributed by atoms with Crippen LogP contribution in [0.15, 0.2) is 48.7 Å². The Morgan fingerprint density at radius 3 is 2.68 bits per heavy atom. The zero-order valence-corrected chi connectivity index (χ0v) is 20.6. The van der Waals surface area contributed by atoms with E-state index in [9.17, 15) is 0 Å². The summed E-state index contributed by atoms with van der Waals surface area (Å²) in [5.74, 6) is 2.05. The summed E-state index contributed by atoms with van der Waals surface area (Å²) in [4.78, 5) is 17.6. The van der Waals surface area contributed by atoms with Crippen molar-refractivity contribution in [1.29, 1.82) is 0 Å². The molecule has 0 spiro atoms. The van der Waals surface area contributed by atoms with E-state index in [-0.39, 0.29) is 0 Å². The summed E-state index contributed by atoms with van der Waals surface area (Å²) in [5, 5.41) is 1.98. The number of halogens is 1. The maximum absolute atomic E-state index is 6.60. The molecule has 0 radical (unpaired) electrons. The monoisotopic (exact) mass is 474 g/mol. The molecule has 3 heterocycles. The summed E-state index contributed by atoms with van der Waals surface area (Å²) < 4.78 is 0. The summed E-state index contributed by atoms with van der Waals surface area (Å²) in [6, 6.07) is 14.4. The topological polar surface area (TPSA) is 74.1 Å². The van der Waals surface area contributed by atoms with Crippen molar-refractivity contribution < 1.29 is 0 Å². The van der Waals surface area contributed by atoms with Crippen molar-refractivity contribution in [3.05, 3.63) is 64.8 Å². The van der Waals surface area contributed by atoms with Crippen LogP contribution in [0.5, 0.6) is 0 Å². The van der Waals surface area contributed by atoms with E-state index in [1.54, 1.807) is 0 Å². The van der Waals surface area contributed by atoms with Crippen molar-refractivity contribution in [2.45, 2.75) is 32.6 Å². The first kappa shape index (κ1) is 22.5. The number of benzene rings is 2. The first-order chi connectivity index (χ1) is 16.5. The Balaban J connectivity index is 1.47. The highest BCUT2D eigenvalue weighted by Crippen LogP contribution is 2.37. The molecule has 34 heavy (non-hydrogen) atoms. The molecule has 0 unspecified atom stereocenters. The standard InChI is InChI=1S/C27H31ClN6/c1-18-10-11-19(16-22(18)28)24-25(29)31-27(32-26(24)34-13-6-3-7-14-34)33(2)15-12-20-17-30-23-9-5-4-8-21(20)23/h4-5,8-11,16-17,30H,3,6-7,12-15H2,1-2H3,(H2,29,31,32). The van der Waals surface area contributed by atoms with E-state index in [1.807, 2.05) is 26.1 Å². The van der Waals surface area contributed by atoms with E-state index in [1.165, 1.54) is 17.4 Å². The fraction of sp³-hybridized carbons (Fsp3) is 0.333. The molecular formula is C27H31ClN6. The average molecular weight is 475 g/mol. The molecule has 2 aromatic carbocycles. The van der Waals surface area contributed by atoms with Crippen LogP contribution in [0.2, 0.25) is 5.02 Å². The molecule has 176 valence electrons. The second kappa shape index (κ2) is 9.55. The van der Waals surface area contributed by atoms with Crippen LogP contribution in [0.3, 0.4) is 0 Å². The van der Waals surface area contributed by atoms with Gasteiger partial charge in [0.2, 0.25) is 5.95 Å². The Morgan fingerprint density at radius 2 is 1.88 bits per heavy atom. The minimum absolute atomic E-state index is 0.490. The van der Waals surface area contributed by atoms with Crippen LogP contribution in [0.4, 0.5) is 17.6 Å². The number of nitrogen functional groups attached to an aromatic ring is 1. The number of aromatic amines is 1.